The van der Waals surface area contributed by atoms with E-state index in [0.29, 0.717) is 0 Å². The molecule has 14 nitrogen and oxygen atoms in total. The average molecular weight is 488 g/mol. The summed E-state index contributed by atoms with van der Waals surface area (Å²) < 4.78 is 21.9. The van der Waals surface area contributed by atoms with E-state index in [1.54, 1.807) is 0 Å². The summed E-state index contributed by atoms with van der Waals surface area (Å²) in [6, 6.07) is 0. The van der Waals surface area contributed by atoms with Crippen LogP contribution >= 0.6 is 15.6 Å². The van der Waals surface area contributed by atoms with Crippen LogP contribution in [0.1, 0.15) is 12.8 Å². The maximum absolute atomic E-state index is 10.1. The van der Waals surface area contributed by atoms with Crippen molar-refractivity contribution in [3.05, 3.63) is 0 Å². The molecule has 1 unspecified atom stereocenters. The van der Waals surface area contributed by atoms with Crippen molar-refractivity contribution in [3.63, 3.8) is 0 Å². The van der Waals surface area contributed by atoms with Crippen molar-refractivity contribution in [2.24, 2.45) is 0 Å². The van der Waals surface area contributed by atoms with Crippen molar-refractivity contribution in [2.45, 2.75) is 18.4 Å². The predicted molar refractivity (Wildman–Crippen MR) is 52.2 cm³/mol. The van der Waals surface area contributed by atoms with Gasteiger partial charge in [0.2, 0.25) is 0 Å². The van der Waals surface area contributed by atoms with Crippen molar-refractivity contribution in [1.29, 1.82) is 0 Å². The Balaban J connectivity index is -0.000000162. The van der Waals surface area contributed by atoms with E-state index in [2.05, 4.69) is 4.31 Å². The van der Waals surface area contributed by atoms with Crippen molar-refractivity contribution >= 4 is 33.6 Å². The number of carboxylic acid groups (broad SMARTS) is 3. The van der Waals surface area contributed by atoms with Gasteiger partial charge >= 0.3 is 41.4 Å². The molecular formula is C6H8CuNiO14P2. The second-order valence-corrected chi connectivity index (χ2v) is 6.03. The number of hydrogen-bond donors (Lipinski definition) is 4. The molecule has 0 rings (SSSR count). The van der Waals surface area contributed by atoms with Crippen LogP contribution in [-0.2, 0) is 61.4 Å². The van der Waals surface area contributed by atoms with Gasteiger partial charge in [0.05, 0.1) is 5.97 Å². The Kier molecular flexibility index (Phi) is 15.8. The molecule has 0 aromatic carbocycles. The van der Waals surface area contributed by atoms with Gasteiger partial charge < -0.3 is 54.4 Å². The molecule has 0 amide bonds. The summed E-state index contributed by atoms with van der Waals surface area (Å²) in [7, 11) is -10.4. The van der Waals surface area contributed by atoms with Crippen LogP contribution in [0, 0.1) is 0 Å². The zero-order valence-corrected chi connectivity index (χ0v) is 14.5. The quantitative estimate of drug-likeness (QED) is 0.192. The summed E-state index contributed by atoms with van der Waals surface area (Å²) >= 11 is 0. The first kappa shape index (κ1) is 31.4. The molecule has 18 heteroatoms. The molecule has 0 bridgehead atoms. The first-order valence-corrected chi connectivity index (χ1v) is 7.65. The van der Waals surface area contributed by atoms with E-state index in [0.717, 1.165) is 0 Å². The topological polar surface area (TPSA) is 268 Å². The third-order valence-electron chi connectivity index (χ3n) is 1.46. The second kappa shape index (κ2) is 12.1. The fourth-order valence-electron chi connectivity index (χ4n) is 0.819. The Morgan fingerprint density at radius 1 is 0.958 bits per heavy atom. The third-order valence-corrected chi connectivity index (χ3v) is 3.14. The molecule has 0 saturated carbocycles. The average Bonchev–Trinajstić information content (AvgIpc) is 2.08. The number of aliphatic carboxylic acids is 3. The molecule has 1 radical (unpaired) electrons. The Bertz CT molecular complexity index is 487. The van der Waals surface area contributed by atoms with E-state index in [-0.39, 0.29) is 33.6 Å². The van der Waals surface area contributed by atoms with Crippen LogP contribution in [0.5, 0.6) is 0 Å². The Morgan fingerprint density at radius 3 is 1.33 bits per heavy atom. The molecule has 0 aromatic heterocycles. The molecule has 0 heterocycles. The number of carbonyl (C=O) groups is 3. The van der Waals surface area contributed by atoms with Gasteiger partial charge in [-0.15, -0.1) is 0 Å². The first-order valence-electron chi connectivity index (χ1n) is 4.63. The molecule has 0 aliphatic carbocycles. The minimum Gasteiger partial charge on any atom is -0.756 e. The summed E-state index contributed by atoms with van der Waals surface area (Å²) in [6.45, 7) is 0. The van der Waals surface area contributed by atoms with Crippen LogP contribution in [0.3, 0.4) is 0 Å². The molecule has 147 valence electrons. The summed E-state index contributed by atoms with van der Waals surface area (Å²) in [5.74, 6) is -5.98. The number of rotatable bonds is 7. The molecular weight excluding hydrogens is 480 g/mol. The van der Waals surface area contributed by atoms with Crippen LogP contribution in [0.25, 0.3) is 0 Å². The molecule has 0 aliphatic heterocycles. The second-order valence-electron chi connectivity index (χ2n) is 3.46. The number of aliphatic hydroxyl groups is 1. The summed E-state index contributed by atoms with van der Waals surface area (Å²) in [5, 5.41) is 38.9. The van der Waals surface area contributed by atoms with Crippen molar-refractivity contribution < 1.29 is 101 Å². The maximum atomic E-state index is 10.1. The molecule has 4 N–H and O–H groups in total. The fraction of sp³-hybridized carbons (Fsp3) is 0.500. The molecule has 24 heavy (non-hydrogen) atoms. The summed E-state index contributed by atoms with van der Waals surface area (Å²) in [6.07, 6.45) is -2.72. The normalized spacial score (nSPS) is 13.0. The Hall–Kier alpha value is -0.357. The molecule has 0 aromatic rings. The third kappa shape index (κ3) is 19.7. The number of carboxylic acids is 3. The number of carbonyl (C=O) groups excluding carboxylic acids is 3. The van der Waals surface area contributed by atoms with Crippen LogP contribution in [0.2, 0.25) is 0 Å². The van der Waals surface area contributed by atoms with Crippen molar-refractivity contribution in [3.8, 4) is 0 Å². The van der Waals surface area contributed by atoms with Gasteiger partial charge in [-0.2, -0.15) is 0 Å². The minimum atomic E-state index is -5.30. The largest absolute Gasteiger partial charge is 2.00 e. The van der Waals surface area contributed by atoms with Gasteiger partial charge in [0.15, 0.2) is 0 Å². The van der Waals surface area contributed by atoms with Gasteiger partial charge in [0, 0.05) is 24.8 Å². The molecule has 1 atom stereocenters. The monoisotopic (exact) mass is 487 g/mol. The van der Waals surface area contributed by atoms with E-state index < -0.39 is 52.0 Å². The van der Waals surface area contributed by atoms with E-state index in [1.807, 2.05) is 0 Å². The standard InChI is InChI=1S/C6H8O7.Cu.Ni.H4O7P2/c7-3(8)1-6(13,5(11)12)2-4(9)10;;;1-8(2,3)7-9(4,5)6/h13H,1-2H2,(H,7,8)(H,9,10)(H,11,12);;;(H2,1,2,3)(H2,4,5,6)/q;2*+2;/p-4. The van der Waals surface area contributed by atoms with E-state index in [1.165, 1.54) is 0 Å². The molecule has 0 fully saturated rings. The van der Waals surface area contributed by atoms with Gasteiger partial charge in [-0.1, -0.05) is 0 Å². The van der Waals surface area contributed by atoms with Gasteiger partial charge in [0.1, 0.15) is 5.60 Å². The molecule has 0 saturated heterocycles. The Labute approximate surface area is 153 Å². The maximum Gasteiger partial charge on any atom is 2.00 e. The first-order chi connectivity index (χ1) is 9.48. The zero-order valence-electron chi connectivity index (χ0n) is 10.8. The summed E-state index contributed by atoms with van der Waals surface area (Å²) in [4.78, 5) is 62.6. The van der Waals surface area contributed by atoms with E-state index >= 15 is 0 Å². The van der Waals surface area contributed by atoms with Crippen molar-refractivity contribution in [2.75, 3.05) is 0 Å². The Morgan fingerprint density at radius 2 is 1.25 bits per heavy atom. The van der Waals surface area contributed by atoms with Gasteiger partial charge in [-0.05, 0) is 0 Å². The van der Waals surface area contributed by atoms with Gasteiger partial charge in [-0.3, -0.25) is 4.57 Å². The van der Waals surface area contributed by atoms with Gasteiger partial charge in [-0.25, -0.2) is 8.88 Å². The van der Waals surface area contributed by atoms with E-state index in [4.69, 9.17) is 19.8 Å². The van der Waals surface area contributed by atoms with Crippen LogP contribution < -0.4 is 20.2 Å². The van der Waals surface area contributed by atoms with Crippen molar-refractivity contribution in [1.82, 2.24) is 0 Å². The minimum absolute atomic E-state index is 0. The number of hydrogen-bond acceptors (Lipinski definition) is 11. The molecule has 0 spiro atoms. The summed E-state index contributed by atoms with van der Waals surface area (Å²) in [5.41, 5.74) is -2.97. The smallest absolute Gasteiger partial charge is 0.756 e. The SMILES string of the molecule is O=C([O-])CC(O)(CC(=O)[O-])C(=O)[O-].O=P([O-])(O)OP(=O)(O)O.[Cu+2].[Ni+2]. The van der Waals surface area contributed by atoms with Gasteiger partial charge in [0.25, 0.3) is 7.82 Å². The van der Waals surface area contributed by atoms with Crippen LogP contribution in [0.15, 0.2) is 0 Å². The number of phosphoric acid groups is 2. The van der Waals surface area contributed by atoms with Crippen LogP contribution in [-0.4, -0.2) is 43.3 Å². The van der Waals surface area contributed by atoms with Crippen LogP contribution in [0.4, 0.5) is 0 Å². The van der Waals surface area contributed by atoms with E-state index in [9.17, 15) is 43.7 Å². The predicted octanol–water partition coefficient (Wildman–Crippen LogP) is -6.70. The molecule has 0 aliphatic rings. The fourth-order valence-corrected chi connectivity index (χ4v) is 1.89. The zero-order chi connectivity index (χ0) is 18.4.